The van der Waals surface area contributed by atoms with Crippen LogP contribution in [0.4, 0.5) is 0 Å². The van der Waals surface area contributed by atoms with Gasteiger partial charge in [-0.05, 0) is 25.7 Å². The molecule has 0 aromatic carbocycles. The summed E-state index contributed by atoms with van der Waals surface area (Å²) in [7, 11) is 0. The number of hydrogen-bond acceptors (Lipinski definition) is 3. The Morgan fingerprint density at radius 3 is 2.50 bits per heavy atom. The zero-order valence-electron chi connectivity index (χ0n) is 11.2. The zero-order valence-corrected chi connectivity index (χ0v) is 11.2. The third kappa shape index (κ3) is 3.23. The molecule has 0 aromatic rings. The largest absolute Gasteiger partial charge is 0.376 e. The van der Waals surface area contributed by atoms with Gasteiger partial charge >= 0.3 is 0 Å². The average Bonchev–Trinajstić information content (AvgIpc) is 2.35. The average molecular weight is 254 g/mol. The number of amides is 1. The summed E-state index contributed by atoms with van der Waals surface area (Å²) in [5.74, 6) is 0.128. The van der Waals surface area contributed by atoms with E-state index in [0.29, 0.717) is 25.8 Å². The molecule has 0 aromatic heterocycles. The topological polar surface area (TPSA) is 64.4 Å². The van der Waals surface area contributed by atoms with Gasteiger partial charge in [-0.25, -0.2) is 0 Å². The Hall–Kier alpha value is -0.610. The maximum Gasteiger partial charge on any atom is 0.227 e. The van der Waals surface area contributed by atoms with Crippen LogP contribution < -0.4 is 11.1 Å². The molecule has 0 unspecified atom stereocenters. The maximum absolute atomic E-state index is 12.0. The molecule has 0 saturated heterocycles. The molecule has 0 radical (unpaired) electrons. The smallest absolute Gasteiger partial charge is 0.227 e. The number of carbonyl (C=O) groups excluding carboxylic acids is 1. The summed E-state index contributed by atoms with van der Waals surface area (Å²) < 4.78 is 5.79. The van der Waals surface area contributed by atoms with Gasteiger partial charge in [-0.15, -0.1) is 0 Å². The predicted molar refractivity (Wildman–Crippen MR) is 71.2 cm³/mol. The molecule has 0 bridgehead atoms. The molecule has 2 saturated carbocycles. The van der Waals surface area contributed by atoms with Crippen molar-refractivity contribution < 1.29 is 9.53 Å². The van der Waals surface area contributed by atoms with Crippen LogP contribution in [0.3, 0.4) is 0 Å². The van der Waals surface area contributed by atoms with Crippen molar-refractivity contribution >= 4 is 5.91 Å². The standard InChI is InChI=1S/C14H26N2O2/c15-11-14(7-4-8-14)13(17)16-9-10-18-12-5-2-1-3-6-12/h12H,1-11,15H2,(H,16,17). The summed E-state index contributed by atoms with van der Waals surface area (Å²) in [5, 5.41) is 2.97. The molecule has 2 fully saturated rings. The molecule has 1 amide bonds. The zero-order chi connectivity index (χ0) is 12.8. The highest BCUT2D eigenvalue weighted by Gasteiger charge is 2.42. The van der Waals surface area contributed by atoms with Crippen molar-refractivity contribution in [3.63, 3.8) is 0 Å². The molecule has 2 rings (SSSR count). The monoisotopic (exact) mass is 254 g/mol. The van der Waals surface area contributed by atoms with Crippen molar-refractivity contribution in [2.24, 2.45) is 11.1 Å². The van der Waals surface area contributed by atoms with Gasteiger partial charge in [0.15, 0.2) is 0 Å². The van der Waals surface area contributed by atoms with E-state index in [1.807, 2.05) is 0 Å². The van der Waals surface area contributed by atoms with Crippen molar-refractivity contribution in [2.45, 2.75) is 57.5 Å². The highest BCUT2D eigenvalue weighted by atomic mass is 16.5. The van der Waals surface area contributed by atoms with E-state index in [4.69, 9.17) is 10.5 Å². The van der Waals surface area contributed by atoms with Crippen molar-refractivity contribution in [3.8, 4) is 0 Å². The molecule has 4 nitrogen and oxygen atoms in total. The fourth-order valence-electron chi connectivity index (χ4n) is 2.94. The van der Waals surface area contributed by atoms with Gasteiger partial charge in [-0.3, -0.25) is 4.79 Å². The van der Waals surface area contributed by atoms with Crippen molar-refractivity contribution in [3.05, 3.63) is 0 Å². The van der Waals surface area contributed by atoms with E-state index in [-0.39, 0.29) is 11.3 Å². The minimum Gasteiger partial charge on any atom is -0.376 e. The van der Waals surface area contributed by atoms with Gasteiger partial charge in [-0.2, -0.15) is 0 Å². The molecule has 2 aliphatic carbocycles. The Morgan fingerprint density at radius 1 is 1.22 bits per heavy atom. The summed E-state index contributed by atoms with van der Waals surface area (Å²) in [4.78, 5) is 12.0. The van der Waals surface area contributed by atoms with Crippen LogP contribution in [-0.2, 0) is 9.53 Å². The second-order valence-electron chi connectivity index (χ2n) is 5.72. The van der Waals surface area contributed by atoms with Crippen LogP contribution in [-0.4, -0.2) is 31.7 Å². The van der Waals surface area contributed by atoms with E-state index in [1.165, 1.54) is 32.1 Å². The molecule has 2 aliphatic rings. The Morgan fingerprint density at radius 2 is 1.94 bits per heavy atom. The third-order valence-electron chi connectivity index (χ3n) is 4.48. The van der Waals surface area contributed by atoms with Gasteiger partial charge < -0.3 is 15.8 Å². The number of rotatable bonds is 6. The van der Waals surface area contributed by atoms with Crippen LogP contribution in [0.5, 0.6) is 0 Å². The molecule has 4 heteroatoms. The van der Waals surface area contributed by atoms with Gasteiger partial charge in [0.25, 0.3) is 0 Å². The second kappa shape index (κ2) is 6.53. The first-order valence-electron chi connectivity index (χ1n) is 7.37. The van der Waals surface area contributed by atoms with Crippen molar-refractivity contribution in [1.29, 1.82) is 0 Å². The van der Waals surface area contributed by atoms with Gasteiger partial charge in [-0.1, -0.05) is 25.7 Å². The SMILES string of the molecule is NCC1(C(=O)NCCOC2CCCCC2)CCC1. The number of nitrogens with one attached hydrogen (secondary N) is 1. The van der Waals surface area contributed by atoms with E-state index in [9.17, 15) is 4.79 Å². The van der Waals surface area contributed by atoms with Gasteiger partial charge in [0, 0.05) is 13.1 Å². The van der Waals surface area contributed by atoms with E-state index in [0.717, 1.165) is 19.3 Å². The van der Waals surface area contributed by atoms with Crippen LogP contribution >= 0.6 is 0 Å². The summed E-state index contributed by atoms with van der Waals surface area (Å²) in [5.41, 5.74) is 5.44. The summed E-state index contributed by atoms with van der Waals surface area (Å²) in [6, 6.07) is 0. The fraction of sp³-hybridized carbons (Fsp3) is 0.929. The first-order valence-corrected chi connectivity index (χ1v) is 7.37. The maximum atomic E-state index is 12.0. The van der Waals surface area contributed by atoms with Crippen molar-refractivity contribution in [1.82, 2.24) is 5.32 Å². The van der Waals surface area contributed by atoms with Crippen LogP contribution in [0.25, 0.3) is 0 Å². The number of hydrogen-bond donors (Lipinski definition) is 2. The van der Waals surface area contributed by atoms with Crippen LogP contribution in [0.2, 0.25) is 0 Å². The van der Waals surface area contributed by atoms with Crippen molar-refractivity contribution in [2.75, 3.05) is 19.7 Å². The van der Waals surface area contributed by atoms with Crippen LogP contribution in [0, 0.1) is 5.41 Å². The molecule has 0 heterocycles. The minimum atomic E-state index is -0.259. The second-order valence-corrected chi connectivity index (χ2v) is 5.72. The molecular weight excluding hydrogens is 228 g/mol. The first-order chi connectivity index (χ1) is 8.77. The van der Waals surface area contributed by atoms with Gasteiger partial charge in [0.1, 0.15) is 0 Å². The Bertz CT molecular complexity index is 265. The molecular formula is C14H26N2O2. The number of nitrogens with two attached hydrogens (primary N) is 1. The van der Waals surface area contributed by atoms with Crippen LogP contribution in [0.1, 0.15) is 51.4 Å². The summed E-state index contributed by atoms with van der Waals surface area (Å²) >= 11 is 0. The summed E-state index contributed by atoms with van der Waals surface area (Å²) in [6.45, 7) is 1.73. The Balaban J connectivity index is 1.58. The highest BCUT2D eigenvalue weighted by molar-refractivity contribution is 5.83. The van der Waals surface area contributed by atoms with E-state index < -0.39 is 0 Å². The van der Waals surface area contributed by atoms with Gasteiger partial charge in [0.05, 0.1) is 18.1 Å². The molecule has 18 heavy (non-hydrogen) atoms. The Kier molecular flexibility index (Phi) is 5.01. The lowest BCUT2D eigenvalue weighted by atomic mass is 9.68. The van der Waals surface area contributed by atoms with Crippen LogP contribution in [0.15, 0.2) is 0 Å². The number of ether oxygens (including phenoxy) is 1. The van der Waals surface area contributed by atoms with E-state index >= 15 is 0 Å². The predicted octanol–water partition coefficient (Wildman–Crippen LogP) is 1.58. The molecule has 3 N–H and O–H groups in total. The Labute approximate surface area is 110 Å². The summed E-state index contributed by atoms with van der Waals surface area (Å²) in [6.07, 6.45) is 9.71. The highest BCUT2D eigenvalue weighted by Crippen LogP contribution is 2.39. The lowest BCUT2D eigenvalue weighted by Crippen LogP contribution is -2.51. The fourth-order valence-corrected chi connectivity index (χ4v) is 2.94. The lowest BCUT2D eigenvalue weighted by Gasteiger charge is -2.39. The third-order valence-corrected chi connectivity index (χ3v) is 4.48. The van der Waals surface area contributed by atoms with E-state index in [2.05, 4.69) is 5.32 Å². The minimum absolute atomic E-state index is 0.128. The molecule has 0 spiro atoms. The quantitative estimate of drug-likeness (QED) is 0.707. The normalized spacial score (nSPS) is 23.4. The van der Waals surface area contributed by atoms with E-state index in [1.54, 1.807) is 0 Å². The lowest BCUT2D eigenvalue weighted by molar-refractivity contribution is -0.135. The molecule has 0 aliphatic heterocycles. The van der Waals surface area contributed by atoms with Gasteiger partial charge in [0.2, 0.25) is 5.91 Å². The number of carbonyl (C=O) groups is 1. The molecule has 0 atom stereocenters. The molecule has 104 valence electrons. The first kappa shape index (κ1) is 13.8.